The number of ether oxygens (including phenoxy) is 3. The molecule has 0 aliphatic carbocycles. The van der Waals surface area contributed by atoms with Crippen molar-refractivity contribution in [1.29, 1.82) is 0 Å². The molecule has 0 aromatic carbocycles. The second-order valence-electron chi connectivity index (χ2n) is 9.78. The summed E-state index contributed by atoms with van der Waals surface area (Å²) in [6, 6.07) is 3.71. The standard InChI is InChI=1S/C27H30N8O4/c1-15-23(34(3)32-30-15)17-12-19-21(29-13-17)25-26(22(27(36)38-5)31-33(25)2)35(19)24(16-7-10-39-11-8-16)18-14-28-9-6-20(18)37-4/h6,9,12-14,16,24H,7-8,10-11H2,1-5H3. The number of fused-ring (bicyclic) bond motifs is 3. The van der Waals surface area contributed by atoms with Gasteiger partial charge in [-0.3, -0.25) is 14.6 Å². The van der Waals surface area contributed by atoms with Crippen LogP contribution < -0.4 is 4.74 Å². The van der Waals surface area contributed by atoms with Crippen LogP contribution in [-0.2, 0) is 23.6 Å². The molecule has 6 heterocycles. The third-order valence-corrected chi connectivity index (χ3v) is 7.60. The van der Waals surface area contributed by atoms with Gasteiger partial charge in [0, 0.05) is 57.0 Å². The molecule has 0 N–H and O–H groups in total. The molecule has 5 aromatic heterocycles. The van der Waals surface area contributed by atoms with E-state index < -0.39 is 5.97 Å². The van der Waals surface area contributed by atoms with E-state index in [9.17, 15) is 4.79 Å². The van der Waals surface area contributed by atoms with Crippen molar-refractivity contribution in [3.63, 3.8) is 0 Å². The number of aryl methyl sites for hydroxylation is 3. The van der Waals surface area contributed by atoms with Gasteiger partial charge in [-0.15, -0.1) is 5.10 Å². The first kappa shape index (κ1) is 25.0. The molecule has 0 bridgehead atoms. The molecule has 0 radical (unpaired) electrons. The zero-order valence-corrected chi connectivity index (χ0v) is 22.6. The quantitative estimate of drug-likeness (QED) is 0.304. The lowest BCUT2D eigenvalue weighted by molar-refractivity contribution is 0.0545. The number of rotatable bonds is 6. The van der Waals surface area contributed by atoms with Gasteiger partial charge in [0.05, 0.1) is 37.2 Å². The summed E-state index contributed by atoms with van der Waals surface area (Å²) >= 11 is 0. The number of aromatic nitrogens is 8. The molecule has 0 spiro atoms. The molecular weight excluding hydrogens is 500 g/mol. The Morgan fingerprint density at radius 2 is 1.92 bits per heavy atom. The number of pyridine rings is 2. The zero-order chi connectivity index (χ0) is 27.3. The number of hydrogen-bond acceptors (Lipinski definition) is 9. The molecule has 1 atom stereocenters. The van der Waals surface area contributed by atoms with Crippen LogP contribution in [0, 0.1) is 12.8 Å². The van der Waals surface area contributed by atoms with Gasteiger partial charge in [-0.2, -0.15) is 5.10 Å². The van der Waals surface area contributed by atoms with Gasteiger partial charge >= 0.3 is 5.97 Å². The Balaban J connectivity index is 1.74. The Labute approximate surface area is 224 Å². The minimum absolute atomic E-state index is 0.171. The van der Waals surface area contributed by atoms with Gasteiger partial charge in [0.15, 0.2) is 5.69 Å². The fourth-order valence-electron chi connectivity index (χ4n) is 5.89. The number of hydrogen-bond donors (Lipinski definition) is 0. The highest BCUT2D eigenvalue weighted by molar-refractivity contribution is 6.12. The fraction of sp³-hybridized carbons (Fsp3) is 0.407. The zero-order valence-electron chi connectivity index (χ0n) is 22.6. The Kier molecular flexibility index (Phi) is 6.26. The van der Waals surface area contributed by atoms with Crippen LogP contribution in [0.15, 0.2) is 30.7 Å². The summed E-state index contributed by atoms with van der Waals surface area (Å²) in [6.45, 7) is 3.21. The second-order valence-corrected chi connectivity index (χ2v) is 9.78. The minimum Gasteiger partial charge on any atom is -0.496 e. The first-order valence-corrected chi connectivity index (χ1v) is 12.8. The van der Waals surface area contributed by atoms with Gasteiger partial charge in [-0.05, 0) is 37.8 Å². The van der Waals surface area contributed by atoms with Crippen LogP contribution in [0.25, 0.3) is 33.3 Å². The van der Waals surface area contributed by atoms with Crippen molar-refractivity contribution in [2.75, 3.05) is 27.4 Å². The van der Waals surface area contributed by atoms with Crippen LogP contribution in [0.2, 0.25) is 0 Å². The van der Waals surface area contributed by atoms with Gasteiger partial charge < -0.3 is 18.8 Å². The summed E-state index contributed by atoms with van der Waals surface area (Å²) in [5.74, 6) is 0.376. The smallest absolute Gasteiger partial charge is 0.360 e. The van der Waals surface area contributed by atoms with E-state index in [0.29, 0.717) is 18.7 Å². The van der Waals surface area contributed by atoms with E-state index in [4.69, 9.17) is 19.2 Å². The second kappa shape index (κ2) is 9.77. The molecule has 1 fully saturated rings. The maximum atomic E-state index is 13.1. The van der Waals surface area contributed by atoms with Crippen molar-refractivity contribution in [1.82, 2.24) is 39.3 Å². The van der Waals surface area contributed by atoms with E-state index in [-0.39, 0.29) is 17.7 Å². The molecular formula is C27H30N8O4. The Morgan fingerprint density at radius 3 is 2.62 bits per heavy atom. The number of carbonyl (C=O) groups excluding carboxylic acids is 1. The fourth-order valence-corrected chi connectivity index (χ4v) is 5.89. The molecule has 1 saturated heterocycles. The molecule has 1 unspecified atom stereocenters. The van der Waals surface area contributed by atoms with Crippen LogP contribution in [0.1, 0.15) is 40.6 Å². The predicted octanol–water partition coefficient (Wildman–Crippen LogP) is 3.23. The summed E-state index contributed by atoms with van der Waals surface area (Å²) in [5.41, 5.74) is 6.66. The minimum atomic E-state index is -0.513. The van der Waals surface area contributed by atoms with E-state index in [0.717, 1.165) is 57.7 Å². The van der Waals surface area contributed by atoms with Crippen molar-refractivity contribution in [2.24, 2.45) is 20.0 Å². The van der Waals surface area contributed by atoms with Crippen molar-refractivity contribution in [3.8, 4) is 17.0 Å². The van der Waals surface area contributed by atoms with Crippen molar-refractivity contribution < 1.29 is 19.0 Å². The highest BCUT2D eigenvalue weighted by atomic mass is 16.5. The normalized spacial score (nSPS) is 15.2. The van der Waals surface area contributed by atoms with E-state index in [1.165, 1.54) is 7.11 Å². The van der Waals surface area contributed by atoms with Crippen LogP contribution in [0.3, 0.4) is 0 Å². The highest BCUT2D eigenvalue weighted by Crippen LogP contribution is 2.44. The summed E-state index contributed by atoms with van der Waals surface area (Å²) < 4.78 is 22.4. The Hall–Kier alpha value is -4.32. The molecule has 1 aliphatic heterocycles. The third-order valence-electron chi connectivity index (χ3n) is 7.60. The van der Waals surface area contributed by atoms with Crippen LogP contribution >= 0.6 is 0 Å². The van der Waals surface area contributed by atoms with E-state index in [1.54, 1.807) is 22.7 Å². The van der Waals surface area contributed by atoms with Crippen LogP contribution in [-0.4, -0.2) is 72.7 Å². The summed E-state index contributed by atoms with van der Waals surface area (Å²) in [4.78, 5) is 22.4. The maximum absolute atomic E-state index is 13.1. The highest BCUT2D eigenvalue weighted by Gasteiger charge is 2.35. The van der Waals surface area contributed by atoms with E-state index in [1.807, 2.05) is 39.5 Å². The lowest BCUT2D eigenvalue weighted by Crippen LogP contribution is -2.27. The molecule has 202 valence electrons. The Morgan fingerprint density at radius 1 is 1.13 bits per heavy atom. The number of esters is 1. The molecule has 12 heteroatoms. The van der Waals surface area contributed by atoms with E-state index in [2.05, 4.69) is 31.0 Å². The molecule has 1 aliphatic rings. The predicted molar refractivity (Wildman–Crippen MR) is 143 cm³/mol. The van der Waals surface area contributed by atoms with Gasteiger partial charge in [-0.25, -0.2) is 9.48 Å². The van der Waals surface area contributed by atoms with E-state index >= 15 is 0 Å². The van der Waals surface area contributed by atoms with Gasteiger partial charge in [-0.1, -0.05) is 5.21 Å². The van der Waals surface area contributed by atoms with Crippen LogP contribution in [0.4, 0.5) is 0 Å². The van der Waals surface area contributed by atoms with Crippen LogP contribution in [0.5, 0.6) is 5.75 Å². The third kappa shape index (κ3) is 3.94. The maximum Gasteiger partial charge on any atom is 0.360 e. The van der Waals surface area contributed by atoms with Crippen molar-refractivity contribution >= 4 is 28.0 Å². The number of methoxy groups -OCH3 is 2. The van der Waals surface area contributed by atoms with Gasteiger partial charge in [0.2, 0.25) is 0 Å². The summed E-state index contributed by atoms with van der Waals surface area (Å²) in [6.07, 6.45) is 7.04. The summed E-state index contributed by atoms with van der Waals surface area (Å²) in [5, 5.41) is 13.0. The monoisotopic (exact) mass is 530 g/mol. The lowest BCUT2D eigenvalue weighted by Gasteiger charge is -2.33. The SMILES string of the molecule is COC(=O)c1nn(C)c2c3ncc(-c4c(C)nnn4C)cc3n(C(c3cnccc3OC)C3CCOCC3)c12. The number of carbonyl (C=O) groups is 1. The topological polar surface area (TPSA) is 124 Å². The first-order valence-electron chi connectivity index (χ1n) is 12.8. The van der Waals surface area contributed by atoms with Gasteiger partial charge in [0.1, 0.15) is 22.3 Å². The molecule has 12 nitrogen and oxygen atoms in total. The largest absolute Gasteiger partial charge is 0.496 e. The first-order chi connectivity index (χ1) is 18.9. The number of nitrogens with zero attached hydrogens (tertiary/aromatic N) is 8. The molecule has 39 heavy (non-hydrogen) atoms. The van der Waals surface area contributed by atoms with Crippen molar-refractivity contribution in [3.05, 3.63) is 47.7 Å². The molecule has 5 aromatic rings. The molecule has 0 amide bonds. The summed E-state index contributed by atoms with van der Waals surface area (Å²) in [7, 11) is 6.70. The van der Waals surface area contributed by atoms with Gasteiger partial charge in [0.25, 0.3) is 0 Å². The van der Waals surface area contributed by atoms with Crippen molar-refractivity contribution in [2.45, 2.75) is 25.8 Å². The average Bonchev–Trinajstić information content (AvgIpc) is 3.60. The Bertz CT molecular complexity index is 1680. The average molecular weight is 531 g/mol. The lowest BCUT2D eigenvalue weighted by atomic mass is 9.86. The molecule has 6 rings (SSSR count). The molecule has 0 saturated carbocycles.